The van der Waals surface area contributed by atoms with E-state index >= 15 is 0 Å². The Morgan fingerprint density at radius 1 is 1.44 bits per heavy atom. The molecular formula is C13H17FN2OS. The van der Waals surface area contributed by atoms with E-state index in [1.165, 1.54) is 30.7 Å². The smallest absolute Gasteiger partial charge is 0.230 e. The Kier molecular flexibility index (Phi) is 4.47. The lowest BCUT2D eigenvalue weighted by atomic mass is 10.2. The number of hydrogen-bond donors (Lipinski definition) is 2. The molecule has 5 heteroatoms. The summed E-state index contributed by atoms with van der Waals surface area (Å²) >= 11 is 1.20. The van der Waals surface area contributed by atoms with Crippen LogP contribution in [-0.4, -0.2) is 17.7 Å². The molecule has 0 aliphatic heterocycles. The first-order valence-electron chi connectivity index (χ1n) is 6.12. The highest BCUT2D eigenvalue weighted by Crippen LogP contribution is 2.23. The van der Waals surface area contributed by atoms with E-state index in [4.69, 9.17) is 5.73 Å². The largest absolute Gasteiger partial charge is 0.399 e. The Balaban J connectivity index is 1.81. The lowest BCUT2D eigenvalue weighted by Gasteiger charge is -2.11. The van der Waals surface area contributed by atoms with Gasteiger partial charge in [-0.1, -0.05) is 12.8 Å². The quantitative estimate of drug-likeness (QED) is 0.652. The second-order valence-corrected chi connectivity index (χ2v) is 5.54. The van der Waals surface area contributed by atoms with E-state index in [2.05, 4.69) is 5.32 Å². The number of nitrogen functional groups attached to an aromatic ring is 1. The molecule has 0 atom stereocenters. The van der Waals surface area contributed by atoms with Gasteiger partial charge in [-0.3, -0.25) is 4.79 Å². The van der Waals surface area contributed by atoms with Crippen molar-refractivity contribution in [3.05, 3.63) is 24.0 Å². The van der Waals surface area contributed by atoms with Gasteiger partial charge in [-0.25, -0.2) is 4.39 Å². The third-order valence-electron chi connectivity index (χ3n) is 3.03. The zero-order chi connectivity index (χ0) is 13.0. The molecule has 2 rings (SSSR count). The van der Waals surface area contributed by atoms with Crippen LogP contribution in [0.1, 0.15) is 25.7 Å². The van der Waals surface area contributed by atoms with Crippen LogP contribution in [0.4, 0.5) is 10.1 Å². The van der Waals surface area contributed by atoms with Crippen LogP contribution in [0, 0.1) is 5.82 Å². The number of nitrogens with one attached hydrogen (secondary N) is 1. The second kappa shape index (κ2) is 6.09. The normalized spacial score (nSPS) is 15.8. The monoisotopic (exact) mass is 268 g/mol. The maximum absolute atomic E-state index is 13.5. The number of carbonyl (C=O) groups excluding carboxylic acids is 1. The van der Waals surface area contributed by atoms with Gasteiger partial charge < -0.3 is 11.1 Å². The topological polar surface area (TPSA) is 55.1 Å². The van der Waals surface area contributed by atoms with E-state index in [0.29, 0.717) is 16.6 Å². The van der Waals surface area contributed by atoms with Gasteiger partial charge in [0.05, 0.1) is 5.75 Å². The first kappa shape index (κ1) is 13.2. The number of carbonyl (C=O) groups is 1. The van der Waals surface area contributed by atoms with E-state index in [-0.39, 0.29) is 17.5 Å². The molecule has 0 radical (unpaired) electrons. The van der Waals surface area contributed by atoms with E-state index in [1.807, 2.05) is 0 Å². The summed E-state index contributed by atoms with van der Waals surface area (Å²) in [5.41, 5.74) is 5.86. The summed E-state index contributed by atoms with van der Waals surface area (Å²) in [6, 6.07) is 4.84. The lowest BCUT2D eigenvalue weighted by molar-refractivity contribution is -0.119. The lowest BCUT2D eigenvalue weighted by Crippen LogP contribution is -2.33. The first-order valence-corrected chi connectivity index (χ1v) is 7.11. The number of benzene rings is 1. The zero-order valence-corrected chi connectivity index (χ0v) is 10.9. The summed E-state index contributed by atoms with van der Waals surface area (Å²) in [5.74, 6) is -0.145. The minimum atomic E-state index is -0.367. The molecule has 0 spiro atoms. The Morgan fingerprint density at radius 3 is 2.83 bits per heavy atom. The van der Waals surface area contributed by atoms with Crippen LogP contribution in [0.2, 0.25) is 0 Å². The Morgan fingerprint density at radius 2 is 2.17 bits per heavy atom. The third-order valence-corrected chi connectivity index (χ3v) is 4.08. The predicted molar refractivity (Wildman–Crippen MR) is 71.9 cm³/mol. The SMILES string of the molecule is Nc1ccc(SCC(=O)NC2CCCC2)c(F)c1. The molecule has 1 aromatic carbocycles. The highest BCUT2D eigenvalue weighted by Gasteiger charge is 2.17. The number of thioether (sulfide) groups is 1. The van der Waals surface area contributed by atoms with Crippen molar-refractivity contribution in [2.75, 3.05) is 11.5 Å². The number of nitrogens with two attached hydrogens (primary N) is 1. The molecule has 1 amide bonds. The number of anilines is 1. The van der Waals surface area contributed by atoms with Gasteiger partial charge in [0.2, 0.25) is 5.91 Å². The fourth-order valence-electron chi connectivity index (χ4n) is 2.12. The first-order chi connectivity index (χ1) is 8.65. The van der Waals surface area contributed by atoms with Crippen molar-refractivity contribution in [1.29, 1.82) is 0 Å². The summed E-state index contributed by atoms with van der Waals surface area (Å²) in [7, 11) is 0. The van der Waals surface area contributed by atoms with E-state index in [0.717, 1.165) is 12.8 Å². The summed E-state index contributed by atoms with van der Waals surface area (Å²) in [6.07, 6.45) is 4.49. The maximum atomic E-state index is 13.5. The van der Waals surface area contributed by atoms with Crippen LogP contribution in [-0.2, 0) is 4.79 Å². The molecule has 1 aliphatic carbocycles. The van der Waals surface area contributed by atoms with Crippen molar-refractivity contribution in [1.82, 2.24) is 5.32 Å². The molecule has 0 bridgehead atoms. The van der Waals surface area contributed by atoms with Gasteiger partial charge in [0, 0.05) is 16.6 Å². The molecule has 0 heterocycles. The van der Waals surface area contributed by atoms with Crippen molar-refractivity contribution in [2.45, 2.75) is 36.6 Å². The third kappa shape index (κ3) is 3.63. The number of amides is 1. The summed E-state index contributed by atoms with van der Waals surface area (Å²) in [5, 5.41) is 2.97. The fourth-order valence-corrected chi connectivity index (χ4v) is 2.85. The molecule has 0 saturated heterocycles. The van der Waals surface area contributed by atoms with Crippen LogP contribution in [0.5, 0.6) is 0 Å². The molecule has 1 saturated carbocycles. The van der Waals surface area contributed by atoms with E-state index < -0.39 is 0 Å². The molecular weight excluding hydrogens is 251 g/mol. The molecule has 0 unspecified atom stereocenters. The number of rotatable bonds is 4. The number of halogens is 1. The minimum Gasteiger partial charge on any atom is -0.399 e. The van der Waals surface area contributed by atoms with E-state index in [1.54, 1.807) is 12.1 Å². The Bertz CT molecular complexity index is 433. The van der Waals surface area contributed by atoms with Gasteiger partial charge in [-0.15, -0.1) is 11.8 Å². The summed E-state index contributed by atoms with van der Waals surface area (Å²) < 4.78 is 13.5. The van der Waals surface area contributed by atoms with Crippen LogP contribution in [0.15, 0.2) is 23.1 Å². The van der Waals surface area contributed by atoms with Gasteiger partial charge in [0.1, 0.15) is 5.82 Å². The average molecular weight is 268 g/mol. The molecule has 18 heavy (non-hydrogen) atoms. The maximum Gasteiger partial charge on any atom is 0.230 e. The van der Waals surface area contributed by atoms with Gasteiger partial charge in [-0.05, 0) is 31.0 Å². The standard InChI is InChI=1S/C13H17FN2OS/c14-11-7-9(15)5-6-12(11)18-8-13(17)16-10-3-1-2-4-10/h5-7,10H,1-4,8,15H2,(H,16,17). The summed E-state index contributed by atoms with van der Waals surface area (Å²) in [4.78, 5) is 12.1. The molecule has 3 nitrogen and oxygen atoms in total. The van der Waals surface area contributed by atoms with Gasteiger partial charge in [0.25, 0.3) is 0 Å². The van der Waals surface area contributed by atoms with Crippen molar-refractivity contribution in [2.24, 2.45) is 0 Å². The molecule has 1 fully saturated rings. The molecule has 98 valence electrons. The van der Waals surface area contributed by atoms with Crippen molar-refractivity contribution < 1.29 is 9.18 Å². The van der Waals surface area contributed by atoms with Crippen LogP contribution in [0.3, 0.4) is 0 Å². The van der Waals surface area contributed by atoms with Crippen LogP contribution >= 0.6 is 11.8 Å². The fraction of sp³-hybridized carbons (Fsp3) is 0.462. The highest BCUT2D eigenvalue weighted by atomic mass is 32.2. The highest BCUT2D eigenvalue weighted by molar-refractivity contribution is 8.00. The van der Waals surface area contributed by atoms with Crippen LogP contribution < -0.4 is 11.1 Å². The second-order valence-electron chi connectivity index (χ2n) is 4.53. The van der Waals surface area contributed by atoms with Crippen molar-refractivity contribution >= 4 is 23.4 Å². The van der Waals surface area contributed by atoms with Crippen molar-refractivity contribution in [3.63, 3.8) is 0 Å². The molecule has 1 aliphatic rings. The Hall–Kier alpha value is -1.23. The van der Waals surface area contributed by atoms with Gasteiger partial charge in [0.15, 0.2) is 0 Å². The number of hydrogen-bond acceptors (Lipinski definition) is 3. The van der Waals surface area contributed by atoms with Crippen molar-refractivity contribution in [3.8, 4) is 0 Å². The molecule has 1 aromatic rings. The van der Waals surface area contributed by atoms with Crippen LogP contribution in [0.25, 0.3) is 0 Å². The summed E-state index contributed by atoms with van der Waals surface area (Å²) in [6.45, 7) is 0. The predicted octanol–water partition coefficient (Wildman–Crippen LogP) is 2.56. The zero-order valence-electron chi connectivity index (χ0n) is 10.1. The minimum absolute atomic E-state index is 0.0249. The molecule has 0 aromatic heterocycles. The van der Waals surface area contributed by atoms with E-state index in [9.17, 15) is 9.18 Å². The molecule has 3 N–H and O–H groups in total. The van der Waals surface area contributed by atoms with Gasteiger partial charge >= 0.3 is 0 Å². The Labute approximate surface area is 110 Å². The average Bonchev–Trinajstić information content (AvgIpc) is 2.80. The van der Waals surface area contributed by atoms with Gasteiger partial charge in [-0.2, -0.15) is 0 Å².